The molecule has 0 aliphatic rings. The Labute approximate surface area is 185 Å². The van der Waals surface area contributed by atoms with Crippen LogP contribution in [-0.2, 0) is 11.2 Å². The Bertz CT molecular complexity index is 1160. The van der Waals surface area contributed by atoms with Gasteiger partial charge in [0.15, 0.2) is 11.6 Å². The predicted octanol–water partition coefficient (Wildman–Crippen LogP) is 4.74. The SMILES string of the molecule is COc1ccc(CCNC(=O)C(C)Sc2nc(-c3ccco3)nc3ccccc23)cc1. The van der Waals surface area contributed by atoms with Crippen molar-refractivity contribution in [2.75, 3.05) is 13.7 Å². The number of fused-ring (bicyclic) bond motifs is 1. The maximum absolute atomic E-state index is 12.7. The molecule has 0 saturated heterocycles. The van der Waals surface area contributed by atoms with Crippen LogP contribution in [0.3, 0.4) is 0 Å². The highest BCUT2D eigenvalue weighted by Crippen LogP contribution is 2.31. The van der Waals surface area contributed by atoms with Gasteiger partial charge in [0.05, 0.1) is 24.1 Å². The number of carbonyl (C=O) groups is 1. The van der Waals surface area contributed by atoms with Gasteiger partial charge in [-0.3, -0.25) is 4.79 Å². The second kappa shape index (κ2) is 9.66. The maximum atomic E-state index is 12.7. The molecule has 1 N–H and O–H groups in total. The summed E-state index contributed by atoms with van der Waals surface area (Å²) >= 11 is 1.42. The van der Waals surface area contributed by atoms with Gasteiger partial charge < -0.3 is 14.5 Å². The fraction of sp³-hybridized carbons (Fsp3) is 0.208. The van der Waals surface area contributed by atoms with E-state index in [2.05, 4.69) is 15.3 Å². The average molecular weight is 434 g/mol. The minimum Gasteiger partial charge on any atom is -0.497 e. The molecule has 0 aliphatic carbocycles. The van der Waals surface area contributed by atoms with Gasteiger partial charge in [-0.2, -0.15) is 0 Å². The van der Waals surface area contributed by atoms with Crippen molar-refractivity contribution in [1.82, 2.24) is 15.3 Å². The van der Waals surface area contributed by atoms with Crippen LogP contribution in [0.4, 0.5) is 0 Å². The van der Waals surface area contributed by atoms with E-state index in [0.29, 0.717) is 18.1 Å². The number of hydrogen-bond donors (Lipinski definition) is 1. The van der Waals surface area contributed by atoms with Crippen LogP contribution in [0.5, 0.6) is 5.75 Å². The zero-order valence-electron chi connectivity index (χ0n) is 17.4. The minimum atomic E-state index is -0.307. The molecule has 0 aliphatic heterocycles. The molecule has 1 atom stereocenters. The molecule has 6 nitrogen and oxygen atoms in total. The predicted molar refractivity (Wildman–Crippen MR) is 122 cm³/mol. The van der Waals surface area contributed by atoms with Gasteiger partial charge in [0.1, 0.15) is 10.8 Å². The number of nitrogens with zero attached hydrogens (tertiary/aromatic N) is 2. The van der Waals surface area contributed by atoms with Gasteiger partial charge in [0.2, 0.25) is 5.91 Å². The van der Waals surface area contributed by atoms with Crippen LogP contribution in [-0.4, -0.2) is 34.8 Å². The lowest BCUT2D eigenvalue weighted by molar-refractivity contribution is -0.120. The van der Waals surface area contributed by atoms with Crippen molar-refractivity contribution >= 4 is 28.6 Å². The van der Waals surface area contributed by atoms with Crippen LogP contribution in [0.1, 0.15) is 12.5 Å². The lowest BCUT2D eigenvalue weighted by atomic mass is 10.1. The van der Waals surface area contributed by atoms with Crippen molar-refractivity contribution in [2.24, 2.45) is 0 Å². The summed E-state index contributed by atoms with van der Waals surface area (Å²) in [4.78, 5) is 21.9. The van der Waals surface area contributed by atoms with Gasteiger partial charge in [-0.1, -0.05) is 42.1 Å². The molecule has 4 rings (SSSR count). The van der Waals surface area contributed by atoms with Gasteiger partial charge in [-0.15, -0.1) is 0 Å². The maximum Gasteiger partial charge on any atom is 0.233 e. The number of hydrogen-bond acceptors (Lipinski definition) is 6. The number of rotatable bonds is 8. The van der Waals surface area contributed by atoms with Crippen molar-refractivity contribution in [2.45, 2.75) is 23.6 Å². The number of amides is 1. The van der Waals surface area contributed by atoms with Crippen LogP contribution in [0, 0.1) is 0 Å². The Morgan fingerprint density at radius 3 is 2.65 bits per heavy atom. The van der Waals surface area contributed by atoms with E-state index < -0.39 is 0 Å². The highest BCUT2D eigenvalue weighted by atomic mass is 32.2. The molecule has 0 bridgehead atoms. The first-order chi connectivity index (χ1) is 15.1. The number of aromatic nitrogens is 2. The summed E-state index contributed by atoms with van der Waals surface area (Å²) in [5, 5.41) is 4.39. The Hall–Kier alpha value is -3.32. The van der Waals surface area contributed by atoms with Gasteiger partial charge in [0.25, 0.3) is 0 Å². The van der Waals surface area contributed by atoms with Crippen LogP contribution in [0.2, 0.25) is 0 Å². The number of furan rings is 1. The molecule has 0 saturated carbocycles. The second-order valence-corrected chi connectivity index (χ2v) is 8.33. The molecule has 0 radical (unpaired) electrons. The highest BCUT2D eigenvalue weighted by Gasteiger charge is 2.18. The van der Waals surface area contributed by atoms with E-state index in [-0.39, 0.29) is 11.2 Å². The standard InChI is InChI=1S/C24H23N3O3S/c1-16(23(28)25-14-13-17-9-11-18(29-2)12-10-17)31-24-19-6-3-4-7-20(19)26-22(27-24)21-8-5-15-30-21/h3-12,15-16H,13-14H2,1-2H3,(H,25,28). The summed E-state index contributed by atoms with van der Waals surface area (Å²) < 4.78 is 10.6. The fourth-order valence-corrected chi connectivity index (χ4v) is 4.10. The molecular formula is C24H23N3O3S. The molecule has 7 heteroatoms. The smallest absolute Gasteiger partial charge is 0.233 e. The molecular weight excluding hydrogens is 410 g/mol. The van der Waals surface area contributed by atoms with E-state index in [1.165, 1.54) is 11.8 Å². The summed E-state index contributed by atoms with van der Waals surface area (Å²) in [6, 6.07) is 19.3. The van der Waals surface area contributed by atoms with Gasteiger partial charge in [0, 0.05) is 11.9 Å². The topological polar surface area (TPSA) is 77.2 Å². The summed E-state index contributed by atoms with van der Waals surface area (Å²) in [5.41, 5.74) is 1.96. The first-order valence-corrected chi connectivity index (χ1v) is 10.9. The Kier molecular flexibility index (Phi) is 6.52. The number of benzene rings is 2. The molecule has 2 aromatic carbocycles. The van der Waals surface area contributed by atoms with Crippen molar-refractivity contribution in [1.29, 1.82) is 0 Å². The first-order valence-electron chi connectivity index (χ1n) is 10.0. The number of methoxy groups -OCH3 is 1. The highest BCUT2D eigenvalue weighted by molar-refractivity contribution is 8.00. The van der Waals surface area contributed by atoms with E-state index in [4.69, 9.17) is 9.15 Å². The zero-order valence-corrected chi connectivity index (χ0v) is 18.2. The first kappa shape index (κ1) is 20.9. The Morgan fingerprint density at radius 1 is 1.10 bits per heavy atom. The zero-order chi connectivity index (χ0) is 21.6. The molecule has 1 amide bonds. The third-order valence-electron chi connectivity index (χ3n) is 4.84. The number of thioether (sulfide) groups is 1. The number of carbonyl (C=O) groups excluding carboxylic acids is 1. The quantitative estimate of drug-likeness (QED) is 0.320. The summed E-state index contributed by atoms with van der Waals surface area (Å²) in [6.45, 7) is 2.45. The van der Waals surface area contributed by atoms with Crippen LogP contribution < -0.4 is 10.1 Å². The van der Waals surface area contributed by atoms with E-state index in [9.17, 15) is 4.79 Å². The van der Waals surface area contributed by atoms with E-state index in [1.807, 2.05) is 61.5 Å². The van der Waals surface area contributed by atoms with E-state index >= 15 is 0 Å². The number of ether oxygens (including phenoxy) is 1. The molecule has 4 aromatic rings. The Morgan fingerprint density at radius 2 is 1.90 bits per heavy atom. The second-order valence-electron chi connectivity index (χ2n) is 7.00. The summed E-state index contributed by atoms with van der Waals surface area (Å²) in [5.74, 6) is 1.91. The van der Waals surface area contributed by atoms with Gasteiger partial charge in [-0.25, -0.2) is 9.97 Å². The Balaban J connectivity index is 1.43. The van der Waals surface area contributed by atoms with Gasteiger partial charge >= 0.3 is 0 Å². The van der Waals surface area contributed by atoms with Crippen LogP contribution >= 0.6 is 11.8 Å². The number of nitrogens with one attached hydrogen (secondary N) is 1. The van der Waals surface area contributed by atoms with Crippen LogP contribution in [0.15, 0.2) is 76.4 Å². The van der Waals surface area contributed by atoms with E-state index in [1.54, 1.807) is 19.4 Å². The fourth-order valence-electron chi connectivity index (χ4n) is 3.14. The summed E-state index contributed by atoms with van der Waals surface area (Å²) in [6.07, 6.45) is 2.35. The largest absolute Gasteiger partial charge is 0.497 e. The van der Waals surface area contributed by atoms with Crippen molar-refractivity contribution < 1.29 is 13.9 Å². The third-order valence-corrected chi connectivity index (χ3v) is 5.94. The molecule has 2 heterocycles. The number of para-hydroxylation sites is 1. The average Bonchev–Trinajstić information content (AvgIpc) is 3.34. The van der Waals surface area contributed by atoms with Gasteiger partial charge in [-0.05, 0) is 49.2 Å². The normalized spacial score (nSPS) is 11.9. The third kappa shape index (κ3) is 5.06. The molecule has 0 fully saturated rings. The molecule has 2 aromatic heterocycles. The molecule has 31 heavy (non-hydrogen) atoms. The molecule has 1 unspecified atom stereocenters. The monoisotopic (exact) mass is 433 g/mol. The van der Waals surface area contributed by atoms with Crippen molar-refractivity contribution in [3.63, 3.8) is 0 Å². The van der Waals surface area contributed by atoms with E-state index in [0.717, 1.165) is 33.7 Å². The lowest BCUT2D eigenvalue weighted by Crippen LogP contribution is -2.32. The molecule has 158 valence electrons. The summed E-state index contributed by atoms with van der Waals surface area (Å²) in [7, 11) is 1.65. The lowest BCUT2D eigenvalue weighted by Gasteiger charge is -2.13. The molecule has 0 spiro atoms. The minimum absolute atomic E-state index is 0.0271. The van der Waals surface area contributed by atoms with Crippen molar-refractivity contribution in [3.05, 3.63) is 72.5 Å². The van der Waals surface area contributed by atoms with Crippen molar-refractivity contribution in [3.8, 4) is 17.3 Å². The van der Waals surface area contributed by atoms with Crippen LogP contribution in [0.25, 0.3) is 22.5 Å².